The molecule has 140 valence electrons. The van der Waals surface area contributed by atoms with Crippen molar-refractivity contribution in [2.24, 2.45) is 0 Å². The Morgan fingerprint density at radius 2 is 1.68 bits per heavy atom. The summed E-state index contributed by atoms with van der Waals surface area (Å²) in [7, 11) is 1.58. The number of nitrogens with zero attached hydrogens (tertiary/aromatic N) is 2. The van der Waals surface area contributed by atoms with Crippen molar-refractivity contribution in [2.75, 3.05) is 7.11 Å². The number of ketones is 1. The summed E-state index contributed by atoms with van der Waals surface area (Å²) in [5.74, 6) is 0.603. The van der Waals surface area contributed by atoms with Gasteiger partial charge in [-0.3, -0.25) is 14.9 Å². The third kappa shape index (κ3) is 4.82. The number of ether oxygens (including phenoxy) is 1. The van der Waals surface area contributed by atoms with Crippen molar-refractivity contribution >= 4 is 17.5 Å². The maximum Gasteiger partial charge on any atom is 0.269 e. The number of carbonyl (C=O) groups is 1. The van der Waals surface area contributed by atoms with Crippen LogP contribution < -0.4 is 4.74 Å². The topological polar surface area (TPSA) is 72.7 Å². The average molecular weight is 374 g/mol. The van der Waals surface area contributed by atoms with Crippen molar-refractivity contribution in [2.45, 2.75) is 0 Å². The predicted octanol–water partition coefficient (Wildman–Crippen LogP) is 4.73. The maximum absolute atomic E-state index is 12.2. The van der Waals surface area contributed by atoms with E-state index in [-0.39, 0.29) is 11.5 Å². The molecule has 6 heteroatoms. The molecule has 0 radical (unpaired) electrons. The Balaban J connectivity index is 1.61. The number of nitro groups is 1. The van der Waals surface area contributed by atoms with Crippen molar-refractivity contribution in [3.63, 3.8) is 0 Å². The highest BCUT2D eigenvalue weighted by molar-refractivity contribution is 6.04. The van der Waals surface area contributed by atoms with Crippen LogP contribution in [-0.4, -0.2) is 22.7 Å². The fraction of sp³-hybridized carbons (Fsp3) is 0.0455. The van der Waals surface area contributed by atoms with Crippen LogP contribution in [0.4, 0.5) is 5.69 Å². The van der Waals surface area contributed by atoms with Gasteiger partial charge in [-0.2, -0.15) is 0 Å². The van der Waals surface area contributed by atoms with Gasteiger partial charge in [-0.15, -0.1) is 0 Å². The minimum Gasteiger partial charge on any atom is -0.497 e. The molecule has 0 saturated heterocycles. The third-order valence-electron chi connectivity index (χ3n) is 4.09. The molecule has 0 aliphatic carbocycles. The van der Waals surface area contributed by atoms with Gasteiger partial charge in [0.2, 0.25) is 0 Å². The molecule has 0 unspecified atom stereocenters. The van der Waals surface area contributed by atoms with Crippen molar-refractivity contribution < 1.29 is 14.5 Å². The molecule has 2 aromatic carbocycles. The zero-order valence-corrected chi connectivity index (χ0v) is 15.2. The second-order valence-electron chi connectivity index (χ2n) is 5.98. The van der Waals surface area contributed by atoms with Crippen LogP contribution in [0.3, 0.4) is 0 Å². The van der Waals surface area contributed by atoms with E-state index in [4.69, 9.17) is 4.74 Å². The van der Waals surface area contributed by atoms with Gasteiger partial charge in [0, 0.05) is 42.4 Å². The highest BCUT2D eigenvalue weighted by Crippen LogP contribution is 2.18. The van der Waals surface area contributed by atoms with E-state index >= 15 is 0 Å². The fourth-order valence-electron chi connectivity index (χ4n) is 2.54. The van der Waals surface area contributed by atoms with Gasteiger partial charge < -0.3 is 9.64 Å². The Hall–Kier alpha value is -3.93. The number of nitro benzene ring substituents is 1. The van der Waals surface area contributed by atoms with Gasteiger partial charge in [-0.25, -0.2) is 0 Å². The average Bonchev–Trinajstić information content (AvgIpc) is 2.73. The van der Waals surface area contributed by atoms with Crippen LogP contribution in [0.15, 0.2) is 90.9 Å². The first kappa shape index (κ1) is 18.8. The molecular weight excluding hydrogens is 356 g/mol. The van der Waals surface area contributed by atoms with Crippen molar-refractivity contribution in [1.29, 1.82) is 0 Å². The largest absolute Gasteiger partial charge is 0.497 e. The molecule has 6 nitrogen and oxygen atoms in total. The molecule has 0 fully saturated rings. The summed E-state index contributed by atoms with van der Waals surface area (Å²) in [5.41, 5.74) is 2.46. The summed E-state index contributed by atoms with van der Waals surface area (Å²) in [6.45, 7) is 0. The van der Waals surface area contributed by atoms with Gasteiger partial charge in [-0.05, 0) is 65.8 Å². The van der Waals surface area contributed by atoms with Crippen molar-refractivity contribution in [1.82, 2.24) is 4.90 Å². The molecule has 0 bridgehead atoms. The first-order valence-corrected chi connectivity index (χ1v) is 8.52. The lowest BCUT2D eigenvalue weighted by Gasteiger charge is -2.13. The van der Waals surface area contributed by atoms with E-state index in [2.05, 4.69) is 0 Å². The first-order chi connectivity index (χ1) is 13.5. The van der Waals surface area contributed by atoms with E-state index in [0.29, 0.717) is 11.3 Å². The molecule has 1 aliphatic rings. The SMILES string of the molecule is COc1ccc(C(=O)C=CN2C=CC(=Cc3ccc([N+](=O)[O-])cc3)C=C2)cc1. The monoisotopic (exact) mass is 374 g/mol. The van der Waals surface area contributed by atoms with Crippen LogP contribution in [0.2, 0.25) is 0 Å². The van der Waals surface area contributed by atoms with Gasteiger partial charge in [0.05, 0.1) is 12.0 Å². The Morgan fingerprint density at radius 1 is 1.04 bits per heavy atom. The lowest BCUT2D eigenvalue weighted by molar-refractivity contribution is -0.384. The number of hydrogen-bond acceptors (Lipinski definition) is 5. The van der Waals surface area contributed by atoms with E-state index in [1.807, 2.05) is 30.6 Å². The number of benzene rings is 2. The standard InChI is InChI=1S/C22H18N2O4/c1-28-21-8-4-19(5-9-21)22(25)12-15-23-13-10-18(11-14-23)16-17-2-6-20(7-3-17)24(26)27/h2-16H,1H3. The zero-order chi connectivity index (χ0) is 19.9. The molecule has 0 amide bonds. The van der Waals surface area contributed by atoms with E-state index in [1.165, 1.54) is 18.2 Å². The molecule has 0 spiro atoms. The minimum absolute atomic E-state index is 0.0646. The molecule has 3 rings (SSSR count). The van der Waals surface area contributed by atoms with Crippen LogP contribution >= 0.6 is 0 Å². The summed E-state index contributed by atoms with van der Waals surface area (Å²) in [4.78, 5) is 24.3. The predicted molar refractivity (Wildman–Crippen MR) is 108 cm³/mol. The first-order valence-electron chi connectivity index (χ1n) is 8.52. The Bertz CT molecular complexity index is 968. The van der Waals surface area contributed by atoms with Crippen LogP contribution in [0.1, 0.15) is 15.9 Å². The van der Waals surface area contributed by atoms with Crippen LogP contribution in [0.5, 0.6) is 5.75 Å². The van der Waals surface area contributed by atoms with Gasteiger partial charge >= 0.3 is 0 Å². The Labute approximate surface area is 162 Å². The normalized spacial score (nSPS) is 13.0. The Kier molecular flexibility index (Phi) is 5.81. The summed E-state index contributed by atoms with van der Waals surface area (Å²) < 4.78 is 5.08. The van der Waals surface area contributed by atoms with Gasteiger partial charge in [0.25, 0.3) is 5.69 Å². The summed E-state index contributed by atoms with van der Waals surface area (Å²) in [6.07, 6.45) is 12.5. The summed E-state index contributed by atoms with van der Waals surface area (Å²) in [6, 6.07) is 13.3. The number of carbonyl (C=O) groups excluding carboxylic acids is 1. The van der Waals surface area contributed by atoms with E-state index in [0.717, 1.165) is 11.1 Å². The van der Waals surface area contributed by atoms with Crippen molar-refractivity contribution in [3.05, 3.63) is 112 Å². The highest BCUT2D eigenvalue weighted by atomic mass is 16.6. The fourth-order valence-corrected chi connectivity index (χ4v) is 2.54. The number of hydrogen-bond donors (Lipinski definition) is 0. The van der Waals surface area contributed by atoms with Gasteiger partial charge in [0.15, 0.2) is 5.78 Å². The number of rotatable bonds is 6. The highest BCUT2D eigenvalue weighted by Gasteiger charge is 2.05. The van der Waals surface area contributed by atoms with Crippen LogP contribution in [-0.2, 0) is 0 Å². The van der Waals surface area contributed by atoms with Gasteiger partial charge in [0.1, 0.15) is 5.75 Å². The molecule has 2 aromatic rings. The molecule has 0 N–H and O–H groups in total. The second-order valence-corrected chi connectivity index (χ2v) is 5.98. The lowest BCUT2D eigenvalue weighted by atomic mass is 10.1. The van der Waals surface area contributed by atoms with E-state index in [1.54, 1.807) is 54.6 Å². The van der Waals surface area contributed by atoms with Crippen LogP contribution in [0, 0.1) is 10.1 Å². The molecule has 0 saturated carbocycles. The lowest BCUT2D eigenvalue weighted by Crippen LogP contribution is -2.04. The molecule has 0 atom stereocenters. The summed E-state index contributed by atoms with van der Waals surface area (Å²) >= 11 is 0. The zero-order valence-electron chi connectivity index (χ0n) is 15.2. The van der Waals surface area contributed by atoms with E-state index in [9.17, 15) is 14.9 Å². The number of methoxy groups -OCH3 is 1. The number of non-ortho nitro benzene ring substituents is 1. The van der Waals surface area contributed by atoms with E-state index < -0.39 is 4.92 Å². The maximum atomic E-state index is 12.2. The molecule has 1 aliphatic heterocycles. The van der Waals surface area contributed by atoms with Crippen molar-refractivity contribution in [3.8, 4) is 5.75 Å². The second kappa shape index (κ2) is 8.64. The van der Waals surface area contributed by atoms with Crippen LogP contribution in [0.25, 0.3) is 6.08 Å². The third-order valence-corrected chi connectivity index (χ3v) is 4.09. The Morgan fingerprint density at radius 3 is 2.25 bits per heavy atom. The molecule has 1 heterocycles. The molecular formula is C22H18N2O4. The quantitative estimate of drug-likeness (QED) is 0.316. The smallest absolute Gasteiger partial charge is 0.269 e. The van der Waals surface area contributed by atoms with Gasteiger partial charge in [-0.1, -0.05) is 0 Å². The molecule has 0 aromatic heterocycles. The number of allylic oxidation sites excluding steroid dienone is 4. The molecule has 28 heavy (non-hydrogen) atoms. The summed E-state index contributed by atoms with van der Waals surface area (Å²) in [5, 5.41) is 10.7. The minimum atomic E-state index is -0.422.